The molecule has 1 fully saturated rings. The van der Waals surface area contributed by atoms with E-state index in [0.29, 0.717) is 42.6 Å². The molecule has 278 valence electrons. The Balaban J connectivity index is 1.19. The predicted octanol–water partition coefficient (Wildman–Crippen LogP) is 5.88. The Bertz CT molecular complexity index is 2050. The molecule has 2 heterocycles. The van der Waals surface area contributed by atoms with Gasteiger partial charge in [-0.3, -0.25) is 19.2 Å². The number of piperazine rings is 1. The van der Waals surface area contributed by atoms with Crippen LogP contribution >= 0.6 is 11.6 Å². The zero-order valence-electron chi connectivity index (χ0n) is 30.0. The van der Waals surface area contributed by atoms with Crippen LogP contribution in [0.1, 0.15) is 37.5 Å². The third kappa shape index (κ3) is 9.30. The number of nitrogens with zero attached hydrogens (tertiary/aromatic N) is 3. The van der Waals surface area contributed by atoms with Crippen LogP contribution in [0.15, 0.2) is 108 Å². The first-order valence-corrected chi connectivity index (χ1v) is 19.5. The molecular formula is C40H44ClN5O6S. The average Bonchev–Trinajstić information content (AvgIpc) is 3.14. The zero-order valence-corrected chi connectivity index (χ0v) is 31.6. The van der Waals surface area contributed by atoms with Gasteiger partial charge in [-0.15, -0.1) is 0 Å². The SMILES string of the molecule is CC(C)(C)OC(=O)N1Cc2ccccc2C[C@H]1C(=O)N[C@H](Cc1ccc(Cl)cc1)C(=O)N1CCN(c2ccccc2NS(=O)(=O)c2ccccc2)CC1. The van der Waals surface area contributed by atoms with E-state index in [2.05, 4.69) is 10.0 Å². The molecule has 13 heteroatoms. The van der Waals surface area contributed by atoms with Crippen molar-refractivity contribution < 1.29 is 27.5 Å². The van der Waals surface area contributed by atoms with Crippen LogP contribution in [0, 0.1) is 0 Å². The fraction of sp³-hybridized carbons (Fsp3) is 0.325. The van der Waals surface area contributed by atoms with Crippen LogP contribution in [0.2, 0.25) is 5.02 Å². The molecule has 2 aliphatic rings. The first-order valence-electron chi connectivity index (χ1n) is 17.6. The normalized spacial score (nSPS) is 16.7. The van der Waals surface area contributed by atoms with Crippen LogP contribution in [-0.2, 0) is 43.7 Å². The molecule has 0 unspecified atom stereocenters. The monoisotopic (exact) mass is 757 g/mol. The number of ether oxygens (including phenoxy) is 1. The van der Waals surface area contributed by atoms with E-state index in [1.54, 1.807) is 68.1 Å². The van der Waals surface area contributed by atoms with Gasteiger partial charge in [-0.25, -0.2) is 13.2 Å². The number of sulfonamides is 1. The summed E-state index contributed by atoms with van der Waals surface area (Å²) in [6.07, 6.45) is -0.119. The van der Waals surface area contributed by atoms with Gasteiger partial charge in [-0.2, -0.15) is 0 Å². The van der Waals surface area contributed by atoms with Crippen LogP contribution in [0.3, 0.4) is 0 Å². The quantitative estimate of drug-likeness (QED) is 0.218. The van der Waals surface area contributed by atoms with Gasteiger partial charge in [-0.1, -0.05) is 78.3 Å². The molecule has 3 amide bonds. The minimum atomic E-state index is -3.82. The standard InChI is InChI=1S/C40H44ClN5O6S/c1-40(2,3)52-39(49)46-27-30-12-8-7-11-29(30)26-36(46)37(47)42-34(25-28-17-19-31(41)20-18-28)38(48)45-23-21-44(22-24-45)35-16-10-9-15-33(35)43-53(50,51)32-13-5-4-6-14-32/h4-20,34,36,43H,21-27H2,1-3H3,(H,42,47)/t34-,36+/m1/s1. The summed E-state index contributed by atoms with van der Waals surface area (Å²) < 4.78 is 34.7. The molecule has 0 spiro atoms. The van der Waals surface area contributed by atoms with Crippen molar-refractivity contribution in [3.05, 3.63) is 125 Å². The van der Waals surface area contributed by atoms with Crippen LogP contribution < -0.4 is 14.9 Å². The zero-order chi connectivity index (χ0) is 37.8. The lowest BCUT2D eigenvalue weighted by atomic mass is 9.93. The van der Waals surface area contributed by atoms with E-state index in [1.165, 1.54) is 17.0 Å². The van der Waals surface area contributed by atoms with Crippen LogP contribution in [0.5, 0.6) is 0 Å². The van der Waals surface area contributed by atoms with Gasteiger partial charge in [0.05, 0.1) is 22.8 Å². The maximum atomic E-state index is 14.3. The average molecular weight is 758 g/mol. The van der Waals surface area contributed by atoms with Crippen molar-refractivity contribution in [3.63, 3.8) is 0 Å². The number of hydrogen-bond donors (Lipinski definition) is 2. The molecule has 0 aromatic heterocycles. The Labute approximate surface area is 315 Å². The summed E-state index contributed by atoms with van der Waals surface area (Å²) in [4.78, 5) is 47.3. The van der Waals surface area contributed by atoms with E-state index in [9.17, 15) is 22.8 Å². The summed E-state index contributed by atoms with van der Waals surface area (Å²) >= 11 is 6.16. The second-order valence-corrected chi connectivity index (χ2v) is 16.4. The first-order chi connectivity index (χ1) is 25.3. The Morgan fingerprint density at radius 1 is 0.830 bits per heavy atom. The van der Waals surface area contributed by atoms with E-state index >= 15 is 0 Å². The smallest absolute Gasteiger partial charge is 0.411 e. The summed E-state index contributed by atoms with van der Waals surface area (Å²) in [5, 5.41) is 3.57. The number of halogens is 1. The highest BCUT2D eigenvalue weighted by molar-refractivity contribution is 7.92. The lowest BCUT2D eigenvalue weighted by Crippen LogP contribution is -2.59. The molecular weight excluding hydrogens is 714 g/mol. The van der Waals surface area contributed by atoms with Gasteiger partial charge in [0.2, 0.25) is 11.8 Å². The molecule has 2 atom stereocenters. The fourth-order valence-corrected chi connectivity index (χ4v) is 7.84. The molecule has 6 rings (SSSR count). The minimum Gasteiger partial charge on any atom is -0.444 e. The van der Waals surface area contributed by atoms with Crippen molar-refractivity contribution in [1.29, 1.82) is 0 Å². The van der Waals surface area contributed by atoms with Gasteiger partial charge in [0, 0.05) is 44.0 Å². The summed E-state index contributed by atoms with van der Waals surface area (Å²) in [6, 6.07) is 28.3. The maximum Gasteiger partial charge on any atom is 0.411 e. The van der Waals surface area contributed by atoms with E-state index < -0.39 is 39.7 Å². The van der Waals surface area contributed by atoms with E-state index in [-0.39, 0.29) is 30.2 Å². The minimum absolute atomic E-state index is 0.158. The second kappa shape index (κ2) is 15.9. The van der Waals surface area contributed by atoms with Gasteiger partial charge >= 0.3 is 6.09 Å². The first kappa shape index (κ1) is 37.7. The highest BCUT2D eigenvalue weighted by Crippen LogP contribution is 2.30. The molecule has 1 saturated heterocycles. The van der Waals surface area contributed by atoms with Crippen LogP contribution in [0.25, 0.3) is 0 Å². The molecule has 0 bridgehead atoms. The van der Waals surface area contributed by atoms with Crippen molar-refractivity contribution in [3.8, 4) is 0 Å². The fourth-order valence-electron chi connectivity index (χ4n) is 6.62. The third-order valence-corrected chi connectivity index (χ3v) is 10.9. The molecule has 2 N–H and O–H groups in total. The third-order valence-electron chi connectivity index (χ3n) is 9.28. The van der Waals surface area contributed by atoms with Crippen molar-refractivity contribution in [2.24, 2.45) is 0 Å². The molecule has 2 aliphatic heterocycles. The van der Waals surface area contributed by atoms with Gasteiger partial charge in [-0.05, 0) is 73.9 Å². The van der Waals surface area contributed by atoms with Gasteiger partial charge in [0.15, 0.2) is 0 Å². The summed E-state index contributed by atoms with van der Waals surface area (Å²) in [7, 11) is -3.82. The topological polar surface area (TPSA) is 128 Å². The molecule has 0 aliphatic carbocycles. The van der Waals surface area contributed by atoms with E-state index in [0.717, 1.165) is 16.7 Å². The molecule has 4 aromatic carbocycles. The number of amides is 3. The van der Waals surface area contributed by atoms with Gasteiger partial charge in [0.1, 0.15) is 17.7 Å². The number of carbonyl (C=O) groups is 3. The number of benzene rings is 4. The molecule has 0 radical (unpaired) electrons. The van der Waals surface area contributed by atoms with Crippen molar-refractivity contribution >= 4 is 50.9 Å². The second-order valence-electron chi connectivity index (χ2n) is 14.2. The molecule has 53 heavy (non-hydrogen) atoms. The Kier molecular flexibility index (Phi) is 11.3. The van der Waals surface area contributed by atoms with Crippen molar-refractivity contribution in [2.45, 2.75) is 62.7 Å². The van der Waals surface area contributed by atoms with Gasteiger partial charge in [0.25, 0.3) is 10.0 Å². The number of anilines is 2. The highest BCUT2D eigenvalue weighted by atomic mass is 35.5. The number of nitrogens with one attached hydrogen (secondary N) is 2. The highest BCUT2D eigenvalue weighted by Gasteiger charge is 2.39. The number of rotatable bonds is 9. The van der Waals surface area contributed by atoms with Crippen molar-refractivity contribution in [1.82, 2.24) is 15.1 Å². The van der Waals surface area contributed by atoms with E-state index in [1.807, 2.05) is 53.4 Å². The number of carbonyl (C=O) groups excluding carboxylic acids is 3. The van der Waals surface area contributed by atoms with Gasteiger partial charge < -0.3 is 19.9 Å². The Hall–Kier alpha value is -5.07. The molecule has 0 saturated carbocycles. The largest absolute Gasteiger partial charge is 0.444 e. The summed E-state index contributed by atoms with van der Waals surface area (Å²) in [5.74, 6) is -0.706. The Morgan fingerprint density at radius 3 is 2.13 bits per heavy atom. The molecule has 4 aromatic rings. The number of hydrogen-bond acceptors (Lipinski definition) is 7. The Morgan fingerprint density at radius 2 is 1.45 bits per heavy atom. The number of fused-ring (bicyclic) bond motifs is 1. The lowest BCUT2D eigenvalue weighted by molar-refractivity contribution is -0.138. The lowest BCUT2D eigenvalue weighted by Gasteiger charge is -2.39. The summed E-state index contributed by atoms with van der Waals surface area (Å²) in [6.45, 7) is 7.08. The van der Waals surface area contributed by atoms with E-state index in [4.69, 9.17) is 16.3 Å². The van der Waals surface area contributed by atoms with Crippen molar-refractivity contribution in [2.75, 3.05) is 35.8 Å². The van der Waals surface area contributed by atoms with Crippen LogP contribution in [0.4, 0.5) is 16.2 Å². The maximum absolute atomic E-state index is 14.3. The number of para-hydroxylation sites is 2. The summed E-state index contributed by atoms with van der Waals surface area (Å²) in [5.41, 5.74) is 3.07. The predicted molar refractivity (Wildman–Crippen MR) is 205 cm³/mol. The molecule has 11 nitrogen and oxygen atoms in total. The van der Waals surface area contributed by atoms with Crippen LogP contribution in [-0.4, -0.2) is 80.0 Å².